The zero-order valence-electron chi connectivity index (χ0n) is 13.7. The number of amides is 1. The summed E-state index contributed by atoms with van der Waals surface area (Å²) in [5, 5.41) is 21.6. The van der Waals surface area contributed by atoms with Gasteiger partial charge in [0, 0.05) is 23.4 Å². The van der Waals surface area contributed by atoms with Crippen molar-refractivity contribution < 1.29 is 14.1 Å². The van der Waals surface area contributed by atoms with E-state index in [9.17, 15) is 14.9 Å². The fourth-order valence-electron chi connectivity index (χ4n) is 2.21. The highest BCUT2D eigenvalue weighted by atomic mass is 32.2. The van der Waals surface area contributed by atoms with Gasteiger partial charge in [0.05, 0.1) is 10.7 Å². The molecule has 3 aromatic rings. The number of nitrogens with one attached hydrogen (secondary N) is 1. The summed E-state index contributed by atoms with van der Waals surface area (Å²) in [7, 11) is 0. The lowest BCUT2D eigenvalue weighted by Crippen LogP contribution is -2.14. The third-order valence-corrected chi connectivity index (χ3v) is 4.27. The molecule has 0 saturated heterocycles. The van der Waals surface area contributed by atoms with Gasteiger partial charge in [-0.1, -0.05) is 36.0 Å². The standard InChI is InChI=1S/C17H14N4O4S/c1-11-5-2-3-8-14(11)16-19-20-17(25-16)26-10-15(22)18-12-6-4-7-13(9-12)21(23)24/h2-9H,10H2,1H3,(H,18,22). The average molecular weight is 370 g/mol. The SMILES string of the molecule is Cc1ccccc1-c1nnc(SCC(=O)Nc2cccc([N+](=O)[O-])c2)o1. The third-order valence-electron chi connectivity index (χ3n) is 3.45. The summed E-state index contributed by atoms with van der Waals surface area (Å²) in [6, 6.07) is 13.4. The summed E-state index contributed by atoms with van der Waals surface area (Å²) in [5.74, 6) is 0.105. The molecule has 26 heavy (non-hydrogen) atoms. The van der Waals surface area contributed by atoms with E-state index in [0.29, 0.717) is 11.6 Å². The van der Waals surface area contributed by atoms with Crippen LogP contribution in [0.3, 0.4) is 0 Å². The average Bonchev–Trinajstić information content (AvgIpc) is 3.09. The Labute approximate surface area is 152 Å². The molecule has 0 aliphatic heterocycles. The molecule has 9 heteroatoms. The van der Waals surface area contributed by atoms with Crippen molar-refractivity contribution in [2.75, 3.05) is 11.1 Å². The van der Waals surface area contributed by atoms with Crippen molar-refractivity contribution in [2.45, 2.75) is 12.1 Å². The largest absolute Gasteiger partial charge is 0.411 e. The van der Waals surface area contributed by atoms with Crippen LogP contribution < -0.4 is 5.32 Å². The van der Waals surface area contributed by atoms with E-state index in [2.05, 4.69) is 15.5 Å². The minimum Gasteiger partial charge on any atom is -0.411 e. The van der Waals surface area contributed by atoms with Crippen molar-refractivity contribution in [1.82, 2.24) is 10.2 Å². The Kier molecular flexibility index (Phi) is 5.28. The van der Waals surface area contributed by atoms with E-state index in [1.807, 2.05) is 31.2 Å². The van der Waals surface area contributed by atoms with Crippen LogP contribution in [0.5, 0.6) is 0 Å². The number of carbonyl (C=O) groups is 1. The van der Waals surface area contributed by atoms with Crippen LogP contribution in [-0.2, 0) is 4.79 Å². The molecule has 0 aliphatic carbocycles. The van der Waals surface area contributed by atoms with E-state index in [0.717, 1.165) is 22.9 Å². The number of aromatic nitrogens is 2. The molecule has 0 fully saturated rings. The second-order valence-electron chi connectivity index (χ2n) is 5.33. The molecule has 8 nitrogen and oxygen atoms in total. The highest BCUT2D eigenvalue weighted by Crippen LogP contribution is 2.25. The minimum absolute atomic E-state index is 0.0398. The molecular weight excluding hydrogens is 356 g/mol. The molecule has 132 valence electrons. The maximum atomic E-state index is 12.0. The van der Waals surface area contributed by atoms with Crippen molar-refractivity contribution in [1.29, 1.82) is 0 Å². The normalized spacial score (nSPS) is 10.5. The lowest BCUT2D eigenvalue weighted by atomic mass is 10.1. The first-order chi connectivity index (χ1) is 12.5. The number of thioether (sulfide) groups is 1. The molecule has 0 atom stereocenters. The molecular formula is C17H14N4O4S. The maximum Gasteiger partial charge on any atom is 0.277 e. The number of carbonyl (C=O) groups excluding carboxylic acids is 1. The number of benzene rings is 2. The third kappa shape index (κ3) is 4.25. The van der Waals surface area contributed by atoms with Crippen LogP contribution in [0.1, 0.15) is 5.56 Å². The van der Waals surface area contributed by atoms with Crippen LogP contribution in [0.4, 0.5) is 11.4 Å². The molecule has 0 aliphatic rings. The summed E-state index contributed by atoms with van der Waals surface area (Å²) in [6.45, 7) is 1.94. The molecule has 0 spiro atoms. The lowest BCUT2D eigenvalue weighted by Gasteiger charge is -2.03. The van der Waals surface area contributed by atoms with Crippen LogP contribution in [0.2, 0.25) is 0 Å². The van der Waals surface area contributed by atoms with Crippen molar-refractivity contribution in [3.05, 3.63) is 64.2 Å². The molecule has 0 saturated carbocycles. The highest BCUT2D eigenvalue weighted by molar-refractivity contribution is 7.99. The Balaban J connectivity index is 1.59. The van der Waals surface area contributed by atoms with E-state index < -0.39 is 4.92 Å². The summed E-state index contributed by atoms with van der Waals surface area (Å²) in [4.78, 5) is 22.2. The Morgan fingerprint density at radius 1 is 1.23 bits per heavy atom. The Morgan fingerprint density at radius 2 is 2.04 bits per heavy atom. The number of nitro groups is 1. The number of hydrogen-bond acceptors (Lipinski definition) is 7. The smallest absolute Gasteiger partial charge is 0.277 e. The summed E-state index contributed by atoms with van der Waals surface area (Å²) in [6.07, 6.45) is 0. The van der Waals surface area contributed by atoms with Gasteiger partial charge < -0.3 is 9.73 Å². The van der Waals surface area contributed by atoms with Crippen LogP contribution in [0.15, 0.2) is 58.2 Å². The highest BCUT2D eigenvalue weighted by Gasteiger charge is 2.13. The summed E-state index contributed by atoms with van der Waals surface area (Å²) in [5.41, 5.74) is 2.12. The van der Waals surface area contributed by atoms with Crippen LogP contribution in [0.25, 0.3) is 11.5 Å². The van der Waals surface area contributed by atoms with Gasteiger partial charge in [-0.2, -0.15) is 0 Å². The molecule has 2 aromatic carbocycles. The zero-order chi connectivity index (χ0) is 18.5. The number of nitro benzene ring substituents is 1. The number of hydrogen-bond donors (Lipinski definition) is 1. The van der Waals surface area contributed by atoms with Crippen LogP contribution >= 0.6 is 11.8 Å². The van der Waals surface area contributed by atoms with Crippen molar-refractivity contribution >= 4 is 29.0 Å². The van der Waals surface area contributed by atoms with Gasteiger partial charge in [-0.15, -0.1) is 10.2 Å². The van der Waals surface area contributed by atoms with Gasteiger partial charge in [0.25, 0.3) is 10.9 Å². The number of non-ortho nitro benzene ring substituents is 1. The van der Waals surface area contributed by atoms with E-state index in [-0.39, 0.29) is 22.6 Å². The Hall–Kier alpha value is -3.20. The summed E-state index contributed by atoms with van der Waals surface area (Å²) >= 11 is 1.09. The number of aryl methyl sites for hydroxylation is 1. The molecule has 1 heterocycles. The van der Waals surface area contributed by atoms with E-state index in [1.54, 1.807) is 6.07 Å². The minimum atomic E-state index is -0.518. The monoisotopic (exact) mass is 370 g/mol. The summed E-state index contributed by atoms with van der Waals surface area (Å²) < 4.78 is 5.57. The topological polar surface area (TPSA) is 111 Å². The maximum absolute atomic E-state index is 12.0. The van der Waals surface area contributed by atoms with E-state index >= 15 is 0 Å². The number of anilines is 1. The molecule has 1 amide bonds. The van der Waals surface area contributed by atoms with Gasteiger partial charge in [0.15, 0.2) is 0 Å². The van der Waals surface area contributed by atoms with Crippen LogP contribution in [0, 0.1) is 17.0 Å². The van der Waals surface area contributed by atoms with E-state index in [1.165, 1.54) is 18.2 Å². The zero-order valence-corrected chi connectivity index (χ0v) is 14.5. The first kappa shape index (κ1) is 17.6. The molecule has 0 unspecified atom stereocenters. The van der Waals surface area contributed by atoms with Gasteiger partial charge in [-0.25, -0.2) is 0 Å². The fourth-order valence-corrected chi connectivity index (χ4v) is 2.77. The number of nitrogens with zero attached hydrogens (tertiary/aromatic N) is 3. The molecule has 1 N–H and O–H groups in total. The van der Waals surface area contributed by atoms with Gasteiger partial charge in [-0.3, -0.25) is 14.9 Å². The Morgan fingerprint density at radius 3 is 2.81 bits per heavy atom. The first-order valence-corrected chi connectivity index (χ1v) is 8.58. The number of rotatable bonds is 6. The fraction of sp³-hybridized carbons (Fsp3) is 0.118. The van der Waals surface area contributed by atoms with Crippen molar-refractivity contribution in [2.24, 2.45) is 0 Å². The van der Waals surface area contributed by atoms with E-state index in [4.69, 9.17) is 4.42 Å². The Bertz CT molecular complexity index is 957. The second kappa shape index (κ2) is 7.79. The van der Waals surface area contributed by atoms with Gasteiger partial charge >= 0.3 is 0 Å². The molecule has 0 radical (unpaired) electrons. The quantitative estimate of drug-likeness (QED) is 0.400. The molecule has 1 aromatic heterocycles. The van der Waals surface area contributed by atoms with Gasteiger partial charge in [0.1, 0.15) is 0 Å². The van der Waals surface area contributed by atoms with Crippen molar-refractivity contribution in [3.63, 3.8) is 0 Å². The lowest BCUT2D eigenvalue weighted by molar-refractivity contribution is -0.384. The molecule has 0 bridgehead atoms. The second-order valence-corrected chi connectivity index (χ2v) is 6.26. The first-order valence-electron chi connectivity index (χ1n) is 7.59. The predicted molar refractivity (Wildman–Crippen MR) is 96.9 cm³/mol. The van der Waals surface area contributed by atoms with Crippen molar-refractivity contribution in [3.8, 4) is 11.5 Å². The van der Waals surface area contributed by atoms with Crippen LogP contribution in [-0.4, -0.2) is 26.8 Å². The molecule has 3 rings (SSSR count). The predicted octanol–water partition coefficient (Wildman–Crippen LogP) is 3.68. The van der Waals surface area contributed by atoms with Gasteiger partial charge in [0.2, 0.25) is 11.8 Å². The van der Waals surface area contributed by atoms with Gasteiger partial charge in [-0.05, 0) is 24.6 Å².